The Morgan fingerprint density at radius 2 is 1.58 bits per heavy atom. The van der Waals surface area contributed by atoms with Gasteiger partial charge in [0.25, 0.3) is 11.7 Å². The zero-order valence-electron chi connectivity index (χ0n) is 42.2. The van der Waals surface area contributed by atoms with E-state index < -0.39 is 83.4 Å². The molecule has 3 N–H and O–H groups in total. The average molecular weight is 942 g/mol. The van der Waals surface area contributed by atoms with Gasteiger partial charge in [0.2, 0.25) is 5.79 Å². The molecule has 0 radical (unpaired) electrons. The normalized spacial score (nSPS) is 40.7. The number of fused-ring (bicyclic) bond motifs is 3. The molecule has 3 aliphatic heterocycles. The molecule has 3 heterocycles. The van der Waals surface area contributed by atoms with Crippen molar-refractivity contribution in [2.45, 2.75) is 193 Å². The summed E-state index contributed by atoms with van der Waals surface area (Å²) in [7, 11) is 4.55. The second kappa shape index (κ2) is 25.5. The van der Waals surface area contributed by atoms with E-state index in [1.165, 1.54) is 12.0 Å². The Bertz CT molecular complexity index is 1820. The minimum Gasteiger partial charge on any atom is -0.460 e. The molecule has 378 valence electrons. The highest BCUT2D eigenvalue weighted by Crippen LogP contribution is 2.41. The third-order valence-electron chi connectivity index (χ3n) is 15.3. The number of methoxy groups -OCH3 is 3. The predicted molar refractivity (Wildman–Crippen MR) is 254 cm³/mol. The summed E-state index contributed by atoms with van der Waals surface area (Å²) in [5, 5.41) is 34.7. The van der Waals surface area contributed by atoms with Crippen LogP contribution in [0.5, 0.6) is 0 Å². The first-order valence-corrected chi connectivity index (χ1v) is 24.9. The number of amides is 1. The van der Waals surface area contributed by atoms with E-state index in [0.29, 0.717) is 76.2 Å². The first-order valence-electron chi connectivity index (χ1n) is 24.9. The number of esters is 1. The summed E-state index contributed by atoms with van der Waals surface area (Å²) in [4.78, 5) is 72.1. The standard InChI is InChI=1S/C53H83NO13/c1-12-52(61)24-23-39(29-45(52)64-10)28-35(5)44-31-42(55)34(4)27-37(7)47(57)48(65-11)46(56)36(6)26-32(2)18-14-13-15-19-33(3)43(63-9)30-40-22-21-38(8)53(62,67-40)49(58)50(59)54-25-17-16-20-41(54)51(60)66-44/h13-15,18-19,27,32,34-36,38-41,43-45,47-48,57,61-62H,12,16-17,20-26,28-31H2,1-11H3/b15-13+,18-14+,33-19+,37-27+/t32-,34-,35-,36-,38?,39+,40+,41+,43+,44+,45-,47?,48+,52?,53?/m1/s1. The van der Waals surface area contributed by atoms with Crippen molar-refractivity contribution in [1.82, 2.24) is 4.90 Å². The molecule has 67 heavy (non-hydrogen) atoms. The van der Waals surface area contributed by atoms with Gasteiger partial charge in [-0.05, 0) is 113 Å². The van der Waals surface area contributed by atoms with Crippen LogP contribution in [0.1, 0.15) is 139 Å². The van der Waals surface area contributed by atoms with Gasteiger partial charge in [-0.1, -0.05) is 78.0 Å². The fraction of sp³-hybridized carbons (Fsp3) is 0.755. The van der Waals surface area contributed by atoms with Crippen LogP contribution in [0.4, 0.5) is 0 Å². The zero-order valence-corrected chi connectivity index (χ0v) is 42.2. The summed E-state index contributed by atoms with van der Waals surface area (Å²) in [6.07, 6.45) is 12.2. The minimum absolute atomic E-state index is 0.0174. The van der Waals surface area contributed by atoms with E-state index in [0.717, 1.165) is 5.57 Å². The van der Waals surface area contributed by atoms with E-state index >= 15 is 0 Å². The van der Waals surface area contributed by atoms with Crippen LogP contribution >= 0.6 is 0 Å². The lowest BCUT2D eigenvalue weighted by atomic mass is 9.72. The number of hydrogen-bond acceptors (Lipinski definition) is 13. The van der Waals surface area contributed by atoms with Crippen molar-refractivity contribution >= 4 is 29.2 Å². The number of aliphatic hydroxyl groups is 3. The fourth-order valence-corrected chi connectivity index (χ4v) is 10.6. The maximum absolute atomic E-state index is 14.4. The number of carbonyl (C=O) groups excluding carboxylic acids is 5. The van der Waals surface area contributed by atoms with Crippen molar-refractivity contribution in [3.8, 4) is 0 Å². The highest BCUT2D eigenvalue weighted by Gasteiger charge is 2.53. The molecule has 14 heteroatoms. The van der Waals surface area contributed by atoms with E-state index in [-0.39, 0.29) is 54.8 Å². The Kier molecular flexibility index (Phi) is 21.4. The van der Waals surface area contributed by atoms with Crippen LogP contribution in [0.2, 0.25) is 0 Å². The second-order valence-electron chi connectivity index (χ2n) is 20.4. The Hall–Kier alpha value is -3.37. The monoisotopic (exact) mass is 942 g/mol. The Labute approximate surface area is 399 Å². The van der Waals surface area contributed by atoms with Gasteiger partial charge in [-0.25, -0.2) is 4.79 Å². The molecule has 1 saturated carbocycles. The molecule has 4 unspecified atom stereocenters. The maximum Gasteiger partial charge on any atom is 0.329 e. The number of hydrogen-bond donors (Lipinski definition) is 3. The van der Waals surface area contributed by atoms with Gasteiger partial charge in [0.05, 0.1) is 23.9 Å². The SMILES string of the molecule is CCC1(O)CC[C@@H](C[C@@H](C)[C@@H]2CC(=O)[C@H](C)/C=C(\C)C(O)[C@@H](OC)C(=O)[C@H](C)C[C@H](C)/C=C/C=C/C=C(\C)[C@@H](OC)C[C@@H]3CCC(C)C(O)(O3)C(=O)C(=O)N3CCCC[C@H]3C(=O)O2)C[C@H]1OC. The number of carbonyl (C=O) groups is 5. The molecule has 1 aliphatic carbocycles. The molecule has 0 aromatic carbocycles. The van der Waals surface area contributed by atoms with Crippen LogP contribution in [0.25, 0.3) is 0 Å². The van der Waals surface area contributed by atoms with Gasteiger partial charge in [-0.2, -0.15) is 0 Å². The number of allylic oxidation sites excluding steroid dienone is 6. The number of ketones is 3. The van der Waals surface area contributed by atoms with Crippen LogP contribution in [0, 0.1) is 35.5 Å². The summed E-state index contributed by atoms with van der Waals surface area (Å²) in [5.74, 6) is -8.01. The Balaban J connectivity index is 1.71. The van der Waals surface area contributed by atoms with E-state index in [1.807, 2.05) is 65.0 Å². The quantitative estimate of drug-likeness (QED) is 0.135. The summed E-state index contributed by atoms with van der Waals surface area (Å²) in [6.45, 7) is 14.7. The van der Waals surface area contributed by atoms with Crippen LogP contribution in [0.15, 0.2) is 47.6 Å². The molecule has 4 aliphatic rings. The topological polar surface area (TPSA) is 195 Å². The molecule has 2 bridgehead atoms. The lowest BCUT2D eigenvalue weighted by molar-refractivity contribution is -0.265. The van der Waals surface area contributed by atoms with E-state index in [2.05, 4.69) is 0 Å². The molecular weight excluding hydrogens is 859 g/mol. The van der Waals surface area contributed by atoms with Crippen LogP contribution < -0.4 is 0 Å². The lowest BCUT2D eigenvalue weighted by Gasteiger charge is -2.43. The van der Waals surface area contributed by atoms with Gasteiger partial charge in [0.15, 0.2) is 5.78 Å². The van der Waals surface area contributed by atoms with Gasteiger partial charge in [0, 0.05) is 58.5 Å². The first-order chi connectivity index (χ1) is 31.6. The molecule has 15 atom stereocenters. The van der Waals surface area contributed by atoms with Crippen molar-refractivity contribution in [3.05, 3.63) is 47.6 Å². The van der Waals surface area contributed by atoms with Gasteiger partial charge in [-0.3, -0.25) is 19.2 Å². The number of aliphatic hydroxyl groups excluding tert-OH is 1. The zero-order chi connectivity index (χ0) is 49.8. The molecule has 2 saturated heterocycles. The van der Waals surface area contributed by atoms with E-state index in [4.69, 9.17) is 23.7 Å². The molecule has 3 fully saturated rings. The molecule has 0 spiro atoms. The fourth-order valence-electron chi connectivity index (χ4n) is 10.6. The summed E-state index contributed by atoms with van der Waals surface area (Å²) < 4.78 is 29.6. The molecule has 0 aromatic rings. The number of ether oxygens (including phenoxy) is 5. The van der Waals surface area contributed by atoms with Crippen LogP contribution in [-0.4, -0.2) is 131 Å². The Morgan fingerprint density at radius 1 is 0.866 bits per heavy atom. The van der Waals surface area contributed by atoms with Gasteiger partial charge < -0.3 is 43.9 Å². The van der Waals surface area contributed by atoms with E-state index in [9.17, 15) is 39.3 Å². The largest absolute Gasteiger partial charge is 0.460 e. The third-order valence-corrected chi connectivity index (χ3v) is 15.3. The summed E-state index contributed by atoms with van der Waals surface area (Å²) in [6, 6.07) is -1.14. The lowest BCUT2D eigenvalue weighted by Crippen LogP contribution is -2.61. The van der Waals surface area contributed by atoms with Crippen molar-refractivity contribution in [2.75, 3.05) is 27.9 Å². The van der Waals surface area contributed by atoms with Crippen molar-refractivity contribution in [1.29, 1.82) is 0 Å². The van der Waals surface area contributed by atoms with Crippen molar-refractivity contribution in [3.63, 3.8) is 0 Å². The summed E-state index contributed by atoms with van der Waals surface area (Å²) in [5.41, 5.74) is 0.318. The number of cyclic esters (lactones) is 1. The second-order valence-corrected chi connectivity index (χ2v) is 20.4. The molecular formula is C53H83NO13. The third kappa shape index (κ3) is 14.4. The number of rotatable bonds is 7. The van der Waals surface area contributed by atoms with Crippen molar-refractivity contribution in [2.24, 2.45) is 35.5 Å². The number of piperidine rings is 1. The highest BCUT2D eigenvalue weighted by atomic mass is 16.6. The minimum atomic E-state index is -2.43. The molecule has 14 nitrogen and oxygen atoms in total. The van der Waals surface area contributed by atoms with Crippen LogP contribution in [0.3, 0.4) is 0 Å². The predicted octanol–water partition coefficient (Wildman–Crippen LogP) is 6.96. The van der Waals surface area contributed by atoms with Gasteiger partial charge in [-0.15, -0.1) is 0 Å². The highest BCUT2D eigenvalue weighted by molar-refractivity contribution is 6.39. The average Bonchev–Trinajstić information content (AvgIpc) is 3.31. The van der Waals surface area contributed by atoms with Gasteiger partial charge in [0.1, 0.15) is 30.1 Å². The van der Waals surface area contributed by atoms with E-state index in [1.54, 1.807) is 41.1 Å². The number of nitrogens with zero attached hydrogens (tertiary/aromatic N) is 1. The summed E-state index contributed by atoms with van der Waals surface area (Å²) >= 11 is 0. The van der Waals surface area contributed by atoms with Gasteiger partial charge >= 0.3 is 5.97 Å². The molecule has 1 amide bonds. The Morgan fingerprint density at radius 3 is 2.24 bits per heavy atom. The maximum atomic E-state index is 14.4. The molecule has 4 rings (SSSR count). The van der Waals surface area contributed by atoms with Crippen molar-refractivity contribution < 1.29 is 63.0 Å². The first kappa shape index (κ1) is 56.2. The molecule has 0 aromatic heterocycles. The number of Topliss-reactive ketones (excluding diaryl/α,β-unsaturated/α-hetero) is 3. The van der Waals surface area contributed by atoms with Crippen LogP contribution in [-0.2, 0) is 47.7 Å². The smallest absolute Gasteiger partial charge is 0.329 e.